The number of nitrogens with one attached hydrogen (secondary N) is 1. The Bertz CT molecular complexity index is 478. The van der Waals surface area contributed by atoms with Crippen LogP contribution in [0.4, 0.5) is 0 Å². The van der Waals surface area contributed by atoms with Crippen molar-refractivity contribution in [3.8, 4) is 0 Å². The van der Waals surface area contributed by atoms with Crippen molar-refractivity contribution in [1.29, 1.82) is 0 Å². The van der Waals surface area contributed by atoms with E-state index in [-0.39, 0.29) is 6.04 Å². The number of hydrogen-bond acceptors (Lipinski definition) is 3. The Balaban J connectivity index is 2.14. The van der Waals surface area contributed by atoms with Crippen molar-refractivity contribution in [3.05, 3.63) is 46.5 Å². The zero-order valence-corrected chi connectivity index (χ0v) is 9.70. The topological polar surface area (TPSA) is 67.6 Å². The smallest absolute Gasteiger partial charge is 0.167 e. The van der Waals surface area contributed by atoms with Crippen molar-refractivity contribution in [2.45, 2.75) is 19.4 Å². The Morgan fingerprint density at radius 1 is 1.50 bits per heavy atom. The first-order valence-corrected chi connectivity index (χ1v) is 5.44. The molecule has 1 aromatic carbocycles. The highest BCUT2D eigenvalue weighted by Gasteiger charge is 2.07. The molecule has 0 aliphatic carbocycles. The lowest BCUT2D eigenvalue weighted by Gasteiger charge is -1.98. The number of hydrogen-bond donors (Lipinski definition) is 2. The molecule has 5 heteroatoms. The number of aromatic amines is 1. The Morgan fingerprint density at radius 2 is 2.31 bits per heavy atom. The summed E-state index contributed by atoms with van der Waals surface area (Å²) < 4.78 is 0. The van der Waals surface area contributed by atoms with Gasteiger partial charge in [-0.3, -0.25) is 5.10 Å². The lowest BCUT2D eigenvalue weighted by atomic mass is 10.1. The van der Waals surface area contributed by atoms with E-state index in [4.69, 9.17) is 17.3 Å². The van der Waals surface area contributed by atoms with Crippen molar-refractivity contribution in [3.63, 3.8) is 0 Å². The molecule has 0 spiro atoms. The molecule has 1 unspecified atom stereocenters. The summed E-state index contributed by atoms with van der Waals surface area (Å²) in [4.78, 5) is 4.30. The van der Waals surface area contributed by atoms with E-state index in [1.54, 1.807) is 0 Å². The normalized spacial score (nSPS) is 12.7. The van der Waals surface area contributed by atoms with Crippen molar-refractivity contribution in [2.75, 3.05) is 0 Å². The molecule has 84 valence electrons. The molecule has 4 nitrogen and oxygen atoms in total. The SMILES string of the molecule is CC(N)c1n[nH]c(Cc2cccc(Cl)c2)n1. The predicted octanol–water partition coefficient (Wildman–Crippen LogP) is 2.07. The minimum Gasteiger partial charge on any atom is -0.321 e. The zero-order chi connectivity index (χ0) is 11.5. The molecule has 0 fully saturated rings. The van der Waals surface area contributed by atoms with Gasteiger partial charge in [0.1, 0.15) is 5.82 Å². The third-order valence-corrected chi connectivity index (χ3v) is 2.45. The van der Waals surface area contributed by atoms with Gasteiger partial charge in [-0.15, -0.1) is 0 Å². The van der Waals surface area contributed by atoms with Crippen LogP contribution in [0.15, 0.2) is 24.3 Å². The zero-order valence-electron chi connectivity index (χ0n) is 8.94. The predicted molar refractivity (Wildman–Crippen MR) is 63.2 cm³/mol. The Morgan fingerprint density at radius 3 is 2.94 bits per heavy atom. The fourth-order valence-corrected chi connectivity index (χ4v) is 1.65. The summed E-state index contributed by atoms with van der Waals surface area (Å²) in [6, 6.07) is 7.53. The first-order chi connectivity index (χ1) is 7.65. The molecule has 1 aromatic heterocycles. The lowest BCUT2D eigenvalue weighted by molar-refractivity contribution is 0.744. The molecule has 0 bridgehead atoms. The molecule has 2 rings (SSSR count). The van der Waals surface area contributed by atoms with E-state index in [0.717, 1.165) is 16.4 Å². The summed E-state index contributed by atoms with van der Waals surface area (Å²) in [6.45, 7) is 1.85. The van der Waals surface area contributed by atoms with Crippen LogP contribution in [0.3, 0.4) is 0 Å². The number of benzene rings is 1. The Labute approximate surface area is 98.8 Å². The van der Waals surface area contributed by atoms with E-state index < -0.39 is 0 Å². The molecule has 0 saturated heterocycles. The average molecular weight is 237 g/mol. The van der Waals surface area contributed by atoms with E-state index in [9.17, 15) is 0 Å². The number of nitrogens with zero attached hydrogens (tertiary/aromatic N) is 2. The van der Waals surface area contributed by atoms with Crippen LogP contribution in [-0.2, 0) is 6.42 Å². The van der Waals surface area contributed by atoms with Gasteiger partial charge in [0.25, 0.3) is 0 Å². The van der Waals surface area contributed by atoms with Gasteiger partial charge >= 0.3 is 0 Å². The number of H-pyrrole nitrogens is 1. The maximum absolute atomic E-state index is 5.90. The third kappa shape index (κ3) is 2.59. The number of aromatic nitrogens is 3. The highest BCUT2D eigenvalue weighted by atomic mass is 35.5. The average Bonchev–Trinajstić information content (AvgIpc) is 2.66. The van der Waals surface area contributed by atoms with Gasteiger partial charge in [0.2, 0.25) is 0 Å². The van der Waals surface area contributed by atoms with Gasteiger partial charge in [-0.1, -0.05) is 23.7 Å². The summed E-state index contributed by atoms with van der Waals surface area (Å²) in [7, 11) is 0. The molecule has 0 radical (unpaired) electrons. The molecule has 3 N–H and O–H groups in total. The van der Waals surface area contributed by atoms with Crippen molar-refractivity contribution in [1.82, 2.24) is 15.2 Å². The van der Waals surface area contributed by atoms with Gasteiger partial charge in [-0.2, -0.15) is 5.10 Å². The Kier molecular flexibility index (Phi) is 3.22. The van der Waals surface area contributed by atoms with Gasteiger partial charge in [0.05, 0.1) is 6.04 Å². The fourth-order valence-electron chi connectivity index (χ4n) is 1.43. The Hall–Kier alpha value is -1.39. The molecule has 0 aliphatic heterocycles. The van der Waals surface area contributed by atoms with Gasteiger partial charge in [-0.25, -0.2) is 4.98 Å². The molecular formula is C11H13ClN4. The van der Waals surface area contributed by atoms with Gasteiger partial charge in [-0.05, 0) is 24.6 Å². The molecule has 1 heterocycles. The lowest BCUT2D eigenvalue weighted by Crippen LogP contribution is -2.06. The van der Waals surface area contributed by atoms with Crippen molar-refractivity contribution >= 4 is 11.6 Å². The van der Waals surface area contributed by atoms with E-state index in [0.29, 0.717) is 12.2 Å². The maximum Gasteiger partial charge on any atom is 0.167 e. The minimum atomic E-state index is -0.149. The van der Waals surface area contributed by atoms with Crippen LogP contribution < -0.4 is 5.73 Å². The van der Waals surface area contributed by atoms with Crippen LogP contribution in [-0.4, -0.2) is 15.2 Å². The van der Waals surface area contributed by atoms with E-state index in [1.807, 2.05) is 31.2 Å². The number of halogens is 1. The van der Waals surface area contributed by atoms with Gasteiger partial charge in [0.15, 0.2) is 5.82 Å². The van der Waals surface area contributed by atoms with Crippen LogP contribution in [0, 0.1) is 0 Å². The van der Waals surface area contributed by atoms with Crippen LogP contribution in [0.1, 0.15) is 30.2 Å². The summed E-state index contributed by atoms with van der Waals surface area (Å²) in [5.74, 6) is 1.44. The van der Waals surface area contributed by atoms with Gasteiger partial charge in [0, 0.05) is 11.4 Å². The molecule has 2 aromatic rings. The summed E-state index contributed by atoms with van der Waals surface area (Å²) >= 11 is 5.90. The quantitative estimate of drug-likeness (QED) is 0.857. The van der Waals surface area contributed by atoms with Crippen LogP contribution in [0.5, 0.6) is 0 Å². The summed E-state index contributed by atoms with van der Waals surface area (Å²) in [6.07, 6.45) is 0.681. The van der Waals surface area contributed by atoms with E-state index in [2.05, 4.69) is 15.2 Å². The van der Waals surface area contributed by atoms with E-state index >= 15 is 0 Å². The molecule has 0 amide bonds. The molecule has 16 heavy (non-hydrogen) atoms. The highest BCUT2D eigenvalue weighted by Crippen LogP contribution is 2.13. The third-order valence-electron chi connectivity index (χ3n) is 2.22. The maximum atomic E-state index is 5.90. The first kappa shape index (κ1) is 11.1. The van der Waals surface area contributed by atoms with E-state index in [1.165, 1.54) is 0 Å². The second-order valence-corrected chi connectivity index (χ2v) is 4.17. The number of rotatable bonds is 3. The van der Waals surface area contributed by atoms with Crippen molar-refractivity contribution < 1.29 is 0 Å². The molecular weight excluding hydrogens is 224 g/mol. The van der Waals surface area contributed by atoms with Gasteiger partial charge < -0.3 is 5.73 Å². The standard InChI is InChI=1S/C11H13ClN4/c1-7(13)11-14-10(15-16-11)6-8-3-2-4-9(12)5-8/h2-5,7H,6,13H2,1H3,(H,14,15,16). The van der Waals surface area contributed by atoms with Crippen LogP contribution in [0.2, 0.25) is 5.02 Å². The fraction of sp³-hybridized carbons (Fsp3) is 0.273. The second kappa shape index (κ2) is 4.63. The minimum absolute atomic E-state index is 0.149. The summed E-state index contributed by atoms with van der Waals surface area (Å²) in [5.41, 5.74) is 6.78. The monoisotopic (exact) mass is 236 g/mol. The molecule has 1 atom stereocenters. The second-order valence-electron chi connectivity index (χ2n) is 3.74. The molecule has 0 saturated carbocycles. The first-order valence-electron chi connectivity index (χ1n) is 5.06. The van der Waals surface area contributed by atoms with Crippen LogP contribution in [0.25, 0.3) is 0 Å². The largest absolute Gasteiger partial charge is 0.321 e. The highest BCUT2D eigenvalue weighted by molar-refractivity contribution is 6.30. The summed E-state index contributed by atoms with van der Waals surface area (Å²) in [5, 5.41) is 7.64. The van der Waals surface area contributed by atoms with Crippen LogP contribution >= 0.6 is 11.6 Å². The number of nitrogens with two attached hydrogens (primary N) is 1. The van der Waals surface area contributed by atoms with Crippen molar-refractivity contribution in [2.24, 2.45) is 5.73 Å². The molecule has 0 aliphatic rings.